The third-order valence-electron chi connectivity index (χ3n) is 4.06. The molecule has 0 unspecified atom stereocenters. The molecule has 154 valence electrons. The number of thioether (sulfide) groups is 1. The van der Waals surface area contributed by atoms with Crippen molar-refractivity contribution in [3.05, 3.63) is 58.6 Å². The molecule has 0 aliphatic carbocycles. The summed E-state index contributed by atoms with van der Waals surface area (Å²) in [5.74, 6) is 2.38. The van der Waals surface area contributed by atoms with Gasteiger partial charge in [-0.25, -0.2) is 4.68 Å². The lowest BCUT2D eigenvalue weighted by Gasteiger charge is -2.16. The fourth-order valence-electron chi connectivity index (χ4n) is 2.65. The monoisotopic (exact) mass is 433 g/mol. The lowest BCUT2D eigenvalue weighted by Crippen LogP contribution is -2.17. The van der Waals surface area contributed by atoms with Crippen LogP contribution in [-0.2, 0) is 20.2 Å². The summed E-state index contributed by atoms with van der Waals surface area (Å²) in [5.41, 5.74) is 2.10. The molecule has 9 heteroatoms. The highest BCUT2D eigenvalue weighted by Crippen LogP contribution is 2.32. The van der Waals surface area contributed by atoms with Gasteiger partial charge in [0.1, 0.15) is 6.61 Å². The summed E-state index contributed by atoms with van der Waals surface area (Å²) in [5, 5.41) is 16.4. The lowest BCUT2D eigenvalue weighted by atomic mass is 10.1. The van der Waals surface area contributed by atoms with Crippen LogP contribution in [0.4, 0.5) is 0 Å². The van der Waals surface area contributed by atoms with E-state index in [1.165, 1.54) is 0 Å². The molecule has 0 aliphatic heterocycles. The van der Waals surface area contributed by atoms with Gasteiger partial charge in [0, 0.05) is 36.5 Å². The maximum absolute atomic E-state index is 6.14. The number of hydrogen-bond donors (Lipinski definition) is 1. The van der Waals surface area contributed by atoms with E-state index < -0.39 is 0 Å². The third kappa shape index (κ3) is 6.35. The highest BCUT2D eigenvalue weighted by molar-refractivity contribution is 7.99. The maximum Gasteiger partial charge on any atom is 0.209 e. The molecule has 0 spiro atoms. The predicted molar refractivity (Wildman–Crippen MR) is 115 cm³/mol. The second kappa shape index (κ2) is 11.0. The van der Waals surface area contributed by atoms with Crippen LogP contribution in [0.2, 0.25) is 5.02 Å². The van der Waals surface area contributed by atoms with Gasteiger partial charge in [0.25, 0.3) is 0 Å². The highest BCUT2D eigenvalue weighted by atomic mass is 35.5. The summed E-state index contributed by atoms with van der Waals surface area (Å²) in [7, 11) is 1.83. The average Bonchev–Trinajstić information content (AvgIpc) is 3.13. The zero-order chi connectivity index (χ0) is 20.5. The number of rotatable bonds is 11. The number of ether oxygens (including phenoxy) is 2. The standard InChI is InChI=1S/C20H24ClN5O2S/c1-3-27-18-6-4-5-16(13-22-11-12-29-20-23-24-25-26(20)2)19(18)28-14-15-7-9-17(21)10-8-15/h4-10,22H,3,11-14H2,1-2H3. The first-order chi connectivity index (χ1) is 14.2. The fraction of sp³-hybridized carbons (Fsp3) is 0.350. The summed E-state index contributed by atoms with van der Waals surface area (Å²) in [6.45, 7) is 4.48. The topological polar surface area (TPSA) is 74.1 Å². The number of para-hydroxylation sites is 1. The van der Waals surface area contributed by atoms with Gasteiger partial charge >= 0.3 is 0 Å². The summed E-state index contributed by atoms with van der Waals surface area (Å²) >= 11 is 7.57. The Balaban J connectivity index is 1.58. The van der Waals surface area contributed by atoms with Crippen LogP contribution in [0, 0.1) is 0 Å². The van der Waals surface area contributed by atoms with Crippen LogP contribution in [0.3, 0.4) is 0 Å². The molecule has 2 aromatic carbocycles. The SMILES string of the molecule is CCOc1cccc(CNCCSc2nnnn2C)c1OCc1ccc(Cl)cc1. The predicted octanol–water partition coefficient (Wildman–Crippen LogP) is 3.72. The van der Waals surface area contributed by atoms with Gasteiger partial charge in [-0.05, 0) is 41.1 Å². The van der Waals surface area contributed by atoms with Crippen LogP contribution < -0.4 is 14.8 Å². The van der Waals surface area contributed by atoms with Crippen molar-refractivity contribution in [2.24, 2.45) is 7.05 Å². The Morgan fingerprint density at radius 2 is 1.97 bits per heavy atom. The number of benzene rings is 2. The minimum atomic E-state index is 0.448. The number of hydrogen-bond acceptors (Lipinski definition) is 7. The van der Waals surface area contributed by atoms with Crippen LogP contribution in [0.5, 0.6) is 11.5 Å². The van der Waals surface area contributed by atoms with Gasteiger partial charge in [0.2, 0.25) is 5.16 Å². The normalized spacial score (nSPS) is 10.9. The Bertz CT molecular complexity index is 904. The van der Waals surface area contributed by atoms with Gasteiger partial charge in [-0.2, -0.15) is 0 Å². The molecular weight excluding hydrogens is 410 g/mol. The molecule has 3 rings (SSSR count). The minimum Gasteiger partial charge on any atom is -0.490 e. The molecule has 1 N–H and O–H groups in total. The number of nitrogens with zero attached hydrogens (tertiary/aromatic N) is 4. The Morgan fingerprint density at radius 1 is 1.14 bits per heavy atom. The third-order valence-corrected chi connectivity index (χ3v) is 5.33. The van der Waals surface area contributed by atoms with E-state index in [1.54, 1.807) is 16.4 Å². The van der Waals surface area contributed by atoms with E-state index in [0.717, 1.165) is 40.1 Å². The molecule has 0 bridgehead atoms. The molecule has 0 saturated carbocycles. The quantitative estimate of drug-likeness (QED) is 0.365. The molecule has 29 heavy (non-hydrogen) atoms. The molecule has 0 atom stereocenters. The van der Waals surface area contributed by atoms with E-state index in [1.807, 2.05) is 56.4 Å². The van der Waals surface area contributed by atoms with Gasteiger partial charge in [0.15, 0.2) is 11.5 Å². The zero-order valence-electron chi connectivity index (χ0n) is 16.5. The Kier molecular flexibility index (Phi) is 8.15. The van der Waals surface area contributed by atoms with Crippen molar-refractivity contribution < 1.29 is 9.47 Å². The first kappa shape index (κ1) is 21.4. The molecule has 7 nitrogen and oxygen atoms in total. The van der Waals surface area contributed by atoms with Crippen molar-refractivity contribution in [3.8, 4) is 11.5 Å². The molecule has 0 saturated heterocycles. The number of halogens is 1. The first-order valence-electron chi connectivity index (χ1n) is 9.35. The first-order valence-corrected chi connectivity index (χ1v) is 10.7. The summed E-state index contributed by atoms with van der Waals surface area (Å²) in [6.07, 6.45) is 0. The van der Waals surface area contributed by atoms with E-state index in [9.17, 15) is 0 Å². The molecule has 0 radical (unpaired) electrons. The molecule has 0 aliphatic rings. The van der Waals surface area contributed by atoms with E-state index >= 15 is 0 Å². The smallest absolute Gasteiger partial charge is 0.209 e. The van der Waals surface area contributed by atoms with E-state index in [-0.39, 0.29) is 0 Å². The van der Waals surface area contributed by atoms with E-state index in [4.69, 9.17) is 21.1 Å². The molecule has 0 fully saturated rings. The van der Waals surface area contributed by atoms with Gasteiger partial charge in [-0.1, -0.05) is 47.6 Å². The van der Waals surface area contributed by atoms with E-state index in [2.05, 4.69) is 20.8 Å². The van der Waals surface area contributed by atoms with Crippen LogP contribution in [0.1, 0.15) is 18.1 Å². The number of tetrazole rings is 1. The Morgan fingerprint density at radius 3 is 2.69 bits per heavy atom. The second-order valence-corrected chi connectivity index (χ2v) is 7.70. The molecule has 1 heterocycles. The summed E-state index contributed by atoms with van der Waals surface area (Å²) in [6, 6.07) is 13.6. The zero-order valence-corrected chi connectivity index (χ0v) is 18.0. The lowest BCUT2D eigenvalue weighted by molar-refractivity contribution is 0.266. The van der Waals surface area contributed by atoms with Crippen molar-refractivity contribution in [3.63, 3.8) is 0 Å². The van der Waals surface area contributed by atoms with Crippen molar-refractivity contribution in [1.82, 2.24) is 25.5 Å². The van der Waals surface area contributed by atoms with Gasteiger partial charge < -0.3 is 14.8 Å². The van der Waals surface area contributed by atoms with Crippen molar-refractivity contribution in [2.45, 2.75) is 25.2 Å². The Labute approximate surface area is 179 Å². The van der Waals surface area contributed by atoms with Gasteiger partial charge in [-0.3, -0.25) is 0 Å². The van der Waals surface area contributed by atoms with Crippen LogP contribution in [-0.4, -0.2) is 39.1 Å². The van der Waals surface area contributed by atoms with Gasteiger partial charge in [-0.15, -0.1) is 5.10 Å². The summed E-state index contributed by atoms with van der Waals surface area (Å²) < 4.78 is 13.6. The van der Waals surface area contributed by atoms with Gasteiger partial charge in [0.05, 0.1) is 6.61 Å². The molecule has 0 amide bonds. The van der Waals surface area contributed by atoms with Crippen LogP contribution in [0.15, 0.2) is 47.6 Å². The number of nitrogens with one attached hydrogen (secondary N) is 1. The number of aryl methyl sites for hydroxylation is 1. The fourth-order valence-corrected chi connectivity index (χ4v) is 3.52. The number of aromatic nitrogens is 4. The van der Waals surface area contributed by atoms with Crippen molar-refractivity contribution in [2.75, 3.05) is 18.9 Å². The molecule has 3 aromatic rings. The van der Waals surface area contributed by atoms with Crippen LogP contribution in [0.25, 0.3) is 0 Å². The molecule has 1 aromatic heterocycles. The Hall–Kier alpha value is -2.29. The average molecular weight is 434 g/mol. The molecular formula is C20H24ClN5O2S. The van der Waals surface area contributed by atoms with Crippen molar-refractivity contribution in [1.29, 1.82) is 0 Å². The highest BCUT2D eigenvalue weighted by Gasteiger charge is 2.12. The minimum absolute atomic E-state index is 0.448. The van der Waals surface area contributed by atoms with Crippen LogP contribution >= 0.6 is 23.4 Å². The van der Waals surface area contributed by atoms with Crippen molar-refractivity contribution >= 4 is 23.4 Å². The largest absolute Gasteiger partial charge is 0.490 e. The second-order valence-electron chi connectivity index (χ2n) is 6.20. The summed E-state index contributed by atoms with van der Waals surface area (Å²) in [4.78, 5) is 0. The van der Waals surface area contributed by atoms with E-state index in [0.29, 0.717) is 24.8 Å². The maximum atomic E-state index is 6.14.